The van der Waals surface area contributed by atoms with Crippen LogP contribution in [0.15, 0.2) is 30.3 Å². The Kier molecular flexibility index (Phi) is 13.2. The number of unbranched alkanes of at least 4 members (excludes halogenated alkanes) is 11. The maximum atomic E-state index is 6.83. The first-order valence-corrected chi connectivity index (χ1v) is 11.1. The Morgan fingerprint density at radius 2 is 1.16 bits per heavy atom. The fourth-order valence-electron chi connectivity index (χ4n) is 3.50. The number of rotatable bonds is 16. The van der Waals surface area contributed by atoms with Gasteiger partial charge < -0.3 is 0 Å². The molecule has 1 aromatic rings. The van der Waals surface area contributed by atoms with Crippen LogP contribution in [0.2, 0.25) is 0 Å². The van der Waals surface area contributed by atoms with Gasteiger partial charge in [-0.05, 0) is 19.8 Å². The number of benzene rings is 1. The molecular weight excluding hydrogens is 326 g/mol. The Balaban J connectivity index is 2.00. The summed E-state index contributed by atoms with van der Waals surface area (Å²) >= 11 is 6.83. The van der Waals surface area contributed by atoms with Crippen molar-refractivity contribution < 1.29 is 4.00 Å². The van der Waals surface area contributed by atoms with Crippen LogP contribution in [-0.4, -0.2) is 17.1 Å². The van der Waals surface area contributed by atoms with E-state index in [0.29, 0.717) is 4.00 Å². The fraction of sp³-hybridized carbons (Fsp3) is 0.739. The van der Waals surface area contributed by atoms with Gasteiger partial charge in [-0.25, -0.2) is 4.00 Å². The van der Waals surface area contributed by atoms with Crippen molar-refractivity contribution in [3.05, 3.63) is 35.9 Å². The molecule has 0 aliphatic heterocycles. The summed E-state index contributed by atoms with van der Waals surface area (Å²) in [5.41, 5.74) is 1.35. The molecule has 0 heterocycles. The number of halogens is 1. The van der Waals surface area contributed by atoms with Crippen molar-refractivity contribution in [3.63, 3.8) is 0 Å². The Morgan fingerprint density at radius 1 is 0.680 bits per heavy atom. The molecule has 0 saturated carbocycles. The maximum absolute atomic E-state index is 6.83. The predicted molar refractivity (Wildman–Crippen MR) is 113 cm³/mol. The topological polar surface area (TPSA) is 0 Å². The van der Waals surface area contributed by atoms with Crippen molar-refractivity contribution in [2.24, 2.45) is 0 Å². The monoisotopic (exact) mass is 366 g/mol. The first-order chi connectivity index (χ1) is 12.2. The van der Waals surface area contributed by atoms with Gasteiger partial charge in [-0.3, -0.25) is 0 Å². The van der Waals surface area contributed by atoms with Crippen LogP contribution in [-0.2, 0) is 6.54 Å². The Labute approximate surface area is 162 Å². The van der Waals surface area contributed by atoms with Crippen LogP contribution in [0, 0.1) is 0 Å². The standard InChI is InChI=1S/C23H41ClN/c1-3-5-6-7-8-9-10-11-12-13-14-18-21-25(24,4-2)22-23-19-16-15-17-20-23/h15-17,19-20H,3-14,18,21-22H2,1-2H3/q+1. The number of hydrogen-bond acceptors (Lipinski definition) is 0. The van der Waals surface area contributed by atoms with Crippen molar-refractivity contribution in [2.45, 2.75) is 97.4 Å². The normalized spacial score (nSPS) is 13.7. The minimum atomic E-state index is 0.655. The Bertz CT molecular complexity index is 406. The summed E-state index contributed by atoms with van der Waals surface area (Å²) in [6.07, 6.45) is 16.8. The third-order valence-corrected chi connectivity index (χ3v) is 5.82. The van der Waals surface area contributed by atoms with Crippen LogP contribution in [0.4, 0.5) is 0 Å². The van der Waals surface area contributed by atoms with E-state index in [2.05, 4.69) is 44.2 Å². The second-order valence-electron chi connectivity index (χ2n) is 7.60. The third kappa shape index (κ3) is 11.7. The summed E-state index contributed by atoms with van der Waals surface area (Å²) in [6.45, 7) is 7.52. The second kappa shape index (κ2) is 14.6. The van der Waals surface area contributed by atoms with Gasteiger partial charge in [-0.2, -0.15) is 0 Å². The maximum Gasteiger partial charge on any atom is 0.165 e. The SMILES string of the molecule is CCCCCCCCCCCCCC[N+](Cl)(CC)Cc1ccccc1. The minimum Gasteiger partial charge on any atom is -0.218 e. The quantitative estimate of drug-likeness (QED) is 0.206. The lowest BCUT2D eigenvalue weighted by Crippen LogP contribution is -2.38. The van der Waals surface area contributed by atoms with Crippen molar-refractivity contribution in [3.8, 4) is 0 Å². The molecule has 0 saturated heterocycles. The van der Waals surface area contributed by atoms with Crippen molar-refractivity contribution >= 4 is 11.8 Å². The van der Waals surface area contributed by atoms with Crippen molar-refractivity contribution in [2.75, 3.05) is 13.1 Å². The van der Waals surface area contributed by atoms with Gasteiger partial charge in [0.1, 0.15) is 6.54 Å². The van der Waals surface area contributed by atoms with E-state index in [1.807, 2.05) is 0 Å². The van der Waals surface area contributed by atoms with Crippen molar-refractivity contribution in [1.82, 2.24) is 0 Å². The smallest absolute Gasteiger partial charge is 0.165 e. The zero-order chi connectivity index (χ0) is 18.2. The molecule has 25 heavy (non-hydrogen) atoms. The van der Waals surface area contributed by atoms with Crippen LogP contribution < -0.4 is 0 Å². The molecule has 0 bridgehead atoms. The molecule has 2 heteroatoms. The fourth-order valence-corrected chi connectivity index (χ4v) is 3.75. The highest BCUT2D eigenvalue weighted by atomic mass is 35.5. The molecular formula is C23H41ClN+. The van der Waals surface area contributed by atoms with E-state index in [-0.39, 0.29) is 0 Å². The lowest BCUT2D eigenvalue weighted by molar-refractivity contribution is -0.827. The van der Waals surface area contributed by atoms with E-state index in [1.165, 1.54) is 82.6 Å². The first-order valence-electron chi connectivity index (χ1n) is 10.8. The van der Waals surface area contributed by atoms with Crippen LogP contribution in [0.25, 0.3) is 0 Å². The summed E-state index contributed by atoms with van der Waals surface area (Å²) in [5, 5.41) is 0. The predicted octanol–water partition coefficient (Wildman–Crippen LogP) is 7.88. The van der Waals surface area contributed by atoms with E-state index < -0.39 is 0 Å². The van der Waals surface area contributed by atoms with Gasteiger partial charge >= 0.3 is 0 Å². The molecule has 0 fully saturated rings. The Morgan fingerprint density at radius 3 is 1.64 bits per heavy atom. The van der Waals surface area contributed by atoms with Gasteiger partial charge in [-0.1, -0.05) is 101 Å². The van der Waals surface area contributed by atoms with E-state index >= 15 is 0 Å². The van der Waals surface area contributed by atoms with Crippen molar-refractivity contribution in [1.29, 1.82) is 0 Å². The average molecular weight is 367 g/mol. The highest BCUT2D eigenvalue weighted by molar-refractivity contribution is 6.06. The first kappa shape index (κ1) is 22.5. The summed E-state index contributed by atoms with van der Waals surface area (Å²) < 4.78 is 0.655. The highest BCUT2D eigenvalue weighted by Gasteiger charge is 2.23. The second-order valence-corrected chi connectivity index (χ2v) is 8.32. The Hall–Kier alpha value is -0.530. The molecule has 1 rings (SSSR count). The molecule has 1 nitrogen and oxygen atoms in total. The van der Waals surface area contributed by atoms with Crippen LogP contribution in [0.5, 0.6) is 0 Å². The van der Waals surface area contributed by atoms with Crippen LogP contribution in [0.3, 0.4) is 0 Å². The molecule has 0 aromatic heterocycles. The van der Waals surface area contributed by atoms with E-state index in [9.17, 15) is 0 Å². The zero-order valence-electron chi connectivity index (χ0n) is 16.8. The average Bonchev–Trinajstić information content (AvgIpc) is 2.63. The summed E-state index contributed by atoms with van der Waals surface area (Å²) in [5.74, 6) is 0. The van der Waals surface area contributed by atoms with Gasteiger partial charge in [0, 0.05) is 5.56 Å². The molecule has 0 N–H and O–H groups in total. The van der Waals surface area contributed by atoms with E-state index in [4.69, 9.17) is 11.8 Å². The third-order valence-electron chi connectivity index (χ3n) is 5.29. The van der Waals surface area contributed by atoms with Gasteiger partial charge in [0.05, 0.1) is 13.1 Å². The number of nitrogens with zero attached hydrogens (tertiary/aromatic N) is 1. The molecule has 144 valence electrons. The number of quaternary nitrogens is 1. The van der Waals surface area contributed by atoms with Crippen LogP contribution >= 0.6 is 11.8 Å². The van der Waals surface area contributed by atoms with Gasteiger partial charge in [0.2, 0.25) is 0 Å². The largest absolute Gasteiger partial charge is 0.218 e. The highest BCUT2D eigenvalue weighted by Crippen LogP contribution is 2.20. The van der Waals surface area contributed by atoms with Crippen LogP contribution in [0.1, 0.15) is 96.5 Å². The molecule has 0 spiro atoms. The molecule has 1 aromatic carbocycles. The molecule has 0 aliphatic carbocycles. The summed E-state index contributed by atoms with van der Waals surface area (Å²) in [6, 6.07) is 10.7. The molecule has 0 radical (unpaired) electrons. The van der Waals surface area contributed by atoms with Gasteiger partial charge in [-0.15, -0.1) is 0 Å². The van der Waals surface area contributed by atoms with Gasteiger partial charge in [0.25, 0.3) is 0 Å². The van der Waals surface area contributed by atoms with E-state index in [1.54, 1.807) is 0 Å². The summed E-state index contributed by atoms with van der Waals surface area (Å²) in [4.78, 5) is 0. The molecule has 1 unspecified atom stereocenters. The van der Waals surface area contributed by atoms with Gasteiger partial charge in [0.15, 0.2) is 11.8 Å². The zero-order valence-corrected chi connectivity index (χ0v) is 17.6. The molecule has 0 aliphatic rings. The minimum absolute atomic E-state index is 0.655. The lowest BCUT2D eigenvalue weighted by atomic mass is 10.1. The lowest BCUT2D eigenvalue weighted by Gasteiger charge is -2.28. The van der Waals surface area contributed by atoms with E-state index in [0.717, 1.165) is 19.6 Å². The number of hydrogen-bond donors (Lipinski definition) is 0. The summed E-state index contributed by atoms with van der Waals surface area (Å²) in [7, 11) is 0. The molecule has 0 amide bonds. The molecule has 1 atom stereocenters.